The Labute approximate surface area is 182 Å². The normalized spacial score (nSPS) is 10.7. The number of aromatic nitrogens is 1. The van der Waals surface area contributed by atoms with Gasteiger partial charge in [-0.3, -0.25) is 10.1 Å². The predicted molar refractivity (Wildman–Crippen MR) is 124 cm³/mol. The Morgan fingerprint density at radius 1 is 0.897 bits per heavy atom. The highest BCUT2D eigenvalue weighted by molar-refractivity contribution is 9.10. The molecule has 0 aliphatic heterocycles. The SMILES string of the molecule is CCc1sc(NC(=O)c2ccc(-c3ccccc3)cc2)nc1-c1ccc(Br)cc1. The molecule has 4 aromatic rings. The number of rotatable bonds is 5. The van der Waals surface area contributed by atoms with Gasteiger partial charge in [-0.05, 0) is 41.8 Å². The first-order valence-corrected chi connectivity index (χ1v) is 11.0. The van der Waals surface area contributed by atoms with Gasteiger partial charge in [-0.1, -0.05) is 77.5 Å². The second kappa shape index (κ2) is 8.72. The maximum Gasteiger partial charge on any atom is 0.257 e. The van der Waals surface area contributed by atoms with Crippen molar-refractivity contribution >= 4 is 38.3 Å². The summed E-state index contributed by atoms with van der Waals surface area (Å²) in [6, 6.07) is 25.8. The molecule has 0 aliphatic rings. The minimum absolute atomic E-state index is 0.150. The van der Waals surface area contributed by atoms with Crippen molar-refractivity contribution in [2.75, 3.05) is 5.32 Å². The van der Waals surface area contributed by atoms with Gasteiger partial charge in [0, 0.05) is 20.5 Å². The van der Waals surface area contributed by atoms with Crippen LogP contribution in [0.5, 0.6) is 0 Å². The Balaban J connectivity index is 1.53. The zero-order valence-corrected chi connectivity index (χ0v) is 18.3. The van der Waals surface area contributed by atoms with Crippen LogP contribution in [0.1, 0.15) is 22.2 Å². The monoisotopic (exact) mass is 462 g/mol. The highest BCUT2D eigenvalue weighted by Gasteiger charge is 2.15. The second-order valence-corrected chi connectivity index (χ2v) is 8.55. The number of thiazole rings is 1. The number of anilines is 1. The molecule has 5 heteroatoms. The van der Waals surface area contributed by atoms with E-state index in [2.05, 4.69) is 45.3 Å². The molecule has 3 nitrogen and oxygen atoms in total. The molecule has 0 saturated heterocycles. The van der Waals surface area contributed by atoms with Crippen molar-refractivity contribution in [1.29, 1.82) is 0 Å². The molecule has 0 spiro atoms. The molecule has 144 valence electrons. The Hall–Kier alpha value is -2.76. The van der Waals surface area contributed by atoms with Crippen LogP contribution >= 0.6 is 27.3 Å². The Morgan fingerprint density at radius 3 is 2.17 bits per heavy atom. The fraction of sp³-hybridized carbons (Fsp3) is 0.0833. The smallest absolute Gasteiger partial charge is 0.257 e. The second-order valence-electron chi connectivity index (χ2n) is 6.55. The maximum atomic E-state index is 12.7. The number of halogens is 1. The average molecular weight is 463 g/mol. The number of nitrogens with zero attached hydrogens (tertiary/aromatic N) is 1. The molecule has 0 atom stereocenters. The first kappa shape index (κ1) is 19.6. The van der Waals surface area contributed by atoms with Gasteiger partial charge in [-0.25, -0.2) is 4.98 Å². The van der Waals surface area contributed by atoms with Crippen LogP contribution in [-0.2, 0) is 6.42 Å². The van der Waals surface area contributed by atoms with E-state index < -0.39 is 0 Å². The van der Waals surface area contributed by atoms with Crippen LogP contribution in [0.4, 0.5) is 5.13 Å². The van der Waals surface area contributed by atoms with Crippen LogP contribution < -0.4 is 5.32 Å². The topological polar surface area (TPSA) is 42.0 Å². The summed E-state index contributed by atoms with van der Waals surface area (Å²) in [6.07, 6.45) is 0.866. The summed E-state index contributed by atoms with van der Waals surface area (Å²) in [5, 5.41) is 3.58. The lowest BCUT2D eigenvalue weighted by Gasteiger charge is -2.04. The third kappa shape index (κ3) is 4.47. The van der Waals surface area contributed by atoms with Crippen LogP contribution in [0.3, 0.4) is 0 Å². The van der Waals surface area contributed by atoms with E-state index in [1.165, 1.54) is 11.3 Å². The summed E-state index contributed by atoms with van der Waals surface area (Å²) in [7, 11) is 0. The number of aryl methyl sites for hydroxylation is 1. The molecule has 0 fully saturated rings. The number of carbonyl (C=O) groups excluding carboxylic acids is 1. The molecule has 0 bridgehead atoms. The van der Waals surface area contributed by atoms with Crippen molar-refractivity contribution in [3.8, 4) is 22.4 Å². The lowest BCUT2D eigenvalue weighted by Crippen LogP contribution is -2.11. The minimum Gasteiger partial charge on any atom is -0.298 e. The zero-order valence-electron chi connectivity index (χ0n) is 15.9. The summed E-state index contributed by atoms with van der Waals surface area (Å²) in [5.74, 6) is -0.150. The van der Waals surface area contributed by atoms with Crippen molar-refractivity contribution in [3.05, 3.63) is 93.8 Å². The Kier molecular flexibility index (Phi) is 5.88. The number of hydrogen-bond donors (Lipinski definition) is 1. The number of nitrogens with one attached hydrogen (secondary N) is 1. The van der Waals surface area contributed by atoms with Gasteiger partial charge in [-0.15, -0.1) is 11.3 Å². The first-order chi connectivity index (χ1) is 14.1. The largest absolute Gasteiger partial charge is 0.298 e. The third-order valence-electron chi connectivity index (χ3n) is 4.61. The van der Waals surface area contributed by atoms with E-state index in [0.29, 0.717) is 10.7 Å². The van der Waals surface area contributed by atoms with E-state index in [1.54, 1.807) is 0 Å². The molecule has 0 aliphatic carbocycles. The molecule has 0 saturated carbocycles. The van der Waals surface area contributed by atoms with E-state index in [1.807, 2.05) is 66.7 Å². The molecule has 3 aromatic carbocycles. The van der Waals surface area contributed by atoms with Gasteiger partial charge >= 0.3 is 0 Å². The van der Waals surface area contributed by atoms with Gasteiger partial charge in [0.1, 0.15) is 0 Å². The lowest BCUT2D eigenvalue weighted by molar-refractivity contribution is 0.102. The maximum absolute atomic E-state index is 12.7. The summed E-state index contributed by atoms with van der Waals surface area (Å²) >= 11 is 4.99. The minimum atomic E-state index is -0.150. The molecule has 4 rings (SSSR count). The fourth-order valence-electron chi connectivity index (χ4n) is 3.09. The molecule has 0 unspecified atom stereocenters. The third-order valence-corrected chi connectivity index (χ3v) is 6.25. The van der Waals surface area contributed by atoms with E-state index in [-0.39, 0.29) is 5.91 Å². The van der Waals surface area contributed by atoms with E-state index in [0.717, 1.165) is 38.2 Å². The van der Waals surface area contributed by atoms with Crippen LogP contribution in [0.2, 0.25) is 0 Å². The number of carbonyl (C=O) groups is 1. The van der Waals surface area contributed by atoms with Gasteiger partial charge in [-0.2, -0.15) is 0 Å². The van der Waals surface area contributed by atoms with Gasteiger partial charge in [0.05, 0.1) is 5.69 Å². The highest BCUT2D eigenvalue weighted by atomic mass is 79.9. The van der Waals surface area contributed by atoms with Gasteiger partial charge in [0.25, 0.3) is 5.91 Å². The molecule has 1 heterocycles. The number of hydrogen-bond acceptors (Lipinski definition) is 3. The van der Waals surface area contributed by atoms with Crippen molar-refractivity contribution in [1.82, 2.24) is 4.98 Å². The van der Waals surface area contributed by atoms with Crippen molar-refractivity contribution in [2.24, 2.45) is 0 Å². The fourth-order valence-corrected chi connectivity index (χ4v) is 4.27. The van der Waals surface area contributed by atoms with Crippen LogP contribution in [0.15, 0.2) is 83.3 Å². The van der Waals surface area contributed by atoms with Crippen molar-refractivity contribution in [2.45, 2.75) is 13.3 Å². The Morgan fingerprint density at radius 2 is 1.52 bits per heavy atom. The van der Waals surface area contributed by atoms with Gasteiger partial charge < -0.3 is 0 Å². The molecule has 1 amide bonds. The summed E-state index contributed by atoms with van der Waals surface area (Å²) in [4.78, 5) is 18.5. The standard InChI is InChI=1S/C24H19BrN2OS/c1-2-21-22(18-12-14-20(25)15-13-18)26-24(29-21)27-23(28)19-10-8-17(9-11-19)16-6-4-3-5-7-16/h3-15H,2H2,1H3,(H,26,27,28). The number of amides is 1. The summed E-state index contributed by atoms with van der Waals surface area (Å²) < 4.78 is 1.03. The summed E-state index contributed by atoms with van der Waals surface area (Å²) in [6.45, 7) is 2.10. The van der Waals surface area contributed by atoms with E-state index in [4.69, 9.17) is 0 Å². The lowest BCUT2D eigenvalue weighted by atomic mass is 10.0. The zero-order chi connectivity index (χ0) is 20.2. The molecule has 0 radical (unpaired) electrons. The van der Waals surface area contributed by atoms with Gasteiger partial charge in [0.15, 0.2) is 5.13 Å². The predicted octanol–water partition coefficient (Wildman–Crippen LogP) is 7.05. The van der Waals surface area contributed by atoms with Crippen LogP contribution in [0.25, 0.3) is 22.4 Å². The van der Waals surface area contributed by atoms with Gasteiger partial charge in [0.2, 0.25) is 0 Å². The van der Waals surface area contributed by atoms with Crippen LogP contribution in [-0.4, -0.2) is 10.9 Å². The van der Waals surface area contributed by atoms with Crippen molar-refractivity contribution < 1.29 is 4.79 Å². The van der Waals surface area contributed by atoms with E-state index in [9.17, 15) is 4.79 Å². The first-order valence-electron chi connectivity index (χ1n) is 9.36. The average Bonchev–Trinajstić information content (AvgIpc) is 3.17. The molecule has 29 heavy (non-hydrogen) atoms. The highest BCUT2D eigenvalue weighted by Crippen LogP contribution is 2.32. The molecular weight excluding hydrogens is 444 g/mol. The van der Waals surface area contributed by atoms with E-state index >= 15 is 0 Å². The quantitative estimate of drug-likeness (QED) is 0.345. The molecular formula is C24H19BrN2OS. The van der Waals surface area contributed by atoms with Crippen LogP contribution in [0, 0.1) is 0 Å². The molecule has 1 N–H and O–H groups in total. The Bertz CT molecular complexity index is 1120. The van der Waals surface area contributed by atoms with Crippen molar-refractivity contribution in [3.63, 3.8) is 0 Å². The number of benzene rings is 3. The molecule has 1 aromatic heterocycles. The summed E-state index contributed by atoms with van der Waals surface area (Å²) in [5.41, 5.74) is 4.81.